The van der Waals surface area contributed by atoms with Crippen LogP contribution < -0.4 is 20.1 Å². The Labute approximate surface area is 139 Å². The number of carbonyl (C=O) groups excluding carboxylic acids is 2. The Balaban J connectivity index is 1.78. The number of para-hydroxylation sites is 2. The van der Waals surface area contributed by atoms with Gasteiger partial charge < -0.3 is 20.1 Å². The highest BCUT2D eigenvalue weighted by Gasteiger charge is 2.18. The first kappa shape index (κ1) is 15.9. The van der Waals surface area contributed by atoms with Gasteiger partial charge in [0.15, 0.2) is 6.61 Å². The fraction of sp³-hybridized carbons (Fsp3) is 0.222. The van der Waals surface area contributed by atoms with E-state index in [0.717, 1.165) is 6.42 Å². The molecule has 1 aliphatic rings. The molecule has 0 saturated carbocycles. The quantitative estimate of drug-likeness (QED) is 0.885. The van der Waals surface area contributed by atoms with Gasteiger partial charge in [-0.3, -0.25) is 9.59 Å². The lowest BCUT2D eigenvalue weighted by atomic mass is 10.1. The molecular weight excluding hydrogens is 308 g/mol. The maximum absolute atomic E-state index is 12.5. The number of carbonyl (C=O) groups is 2. The van der Waals surface area contributed by atoms with E-state index in [2.05, 4.69) is 10.6 Å². The summed E-state index contributed by atoms with van der Waals surface area (Å²) in [7, 11) is 0. The van der Waals surface area contributed by atoms with Crippen molar-refractivity contribution in [3.8, 4) is 11.5 Å². The van der Waals surface area contributed by atoms with E-state index in [1.54, 1.807) is 24.3 Å². The van der Waals surface area contributed by atoms with Crippen LogP contribution in [0.15, 0.2) is 42.5 Å². The zero-order valence-corrected chi connectivity index (χ0v) is 13.3. The Bertz CT molecular complexity index is 773. The first-order valence-electron chi connectivity index (χ1n) is 7.77. The topological polar surface area (TPSA) is 76.7 Å². The van der Waals surface area contributed by atoms with Crippen molar-refractivity contribution in [2.45, 2.75) is 13.3 Å². The van der Waals surface area contributed by atoms with E-state index in [-0.39, 0.29) is 18.4 Å². The van der Waals surface area contributed by atoms with E-state index < -0.39 is 0 Å². The van der Waals surface area contributed by atoms with Gasteiger partial charge in [-0.25, -0.2) is 0 Å². The van der Waals surface area contributed by atoms with Gasteiger partial charge in [0.1, 0.15) is 11.5 Å². The molecule has 6 nitrogen and oxygen atoms in total. The summed E-state index contributed by atoms with van der Waals surface area (Å²) in [5, 5.41) is 5.53. The Morgan fingerprint density at radius 3 is 2.96 bits per heavy atom. The predicted octanol–water partition coefficient (Wildman–Crippen LogP) is 3.06. The fourth-order valence-electron chi connectivity index (χ4n) is 2.33. The highest BCUT2D eigenvalue weighted by molar-refractivity contribution is 6.06. The molecule has 2 amide bonds. The number of rotatable bonds is 5. The van der Waals surface area contributed by atoms with E-state index >= 15 is 0 Å². The Hall–Kier alpha value is -3.02. The number of nitrogens with one attached hydrogen (secondary N) is 2. The molecule has 0 spiro atoms. The van der Waals surface area contributed by atoms with Gasteiger partial charge in [-0.05, 0) is 36.8 Å². The number of amides is 2. The minimum Gasteiger partial charge on any atom is -0.491 e. The lowest BCUT2D eigenvalue weighted by molar-refractivity contribution is -0.118. The zero-order chi connectivity index (χ0) is 16.9. The van der Waals surface area contributed by atoms with Gasteiger partial charge in [-0.15, -0.1) is 0 Å². The summed E-state index contributed by atoms with van der Waals surface area (Å²) in [6, 6.07) is 12.2. The van der Waals surface area contributed by atoms with Crippen LogP contribution >= 0.6 is 0 Å². The van der Waals surface area contributed by atoms with Crippen molar-refractivity contribution in [2.75, 3.05) is 23.8 Å². The average molecular weight is 326 g/mol. The van der Waals surface area contributed by atoms with Gasteiger partial charge in [0, 0.05) is 5.56 Å². The van der Waals surface area contributed by atoms with E-state index in [1.807, 2.05) is 25.1 Å². The molecule has 2 aromatic carbocycles. The second-order valence-corrected chi connectivity index (χ2v) is 5.35. The third-order valence-electron chi connectivity index (χ3n) is 3.47. The normalized spacial score (nSPS) is 12.6. The lowest BCUT2D eigenvalue weighted by Gasteiger charge is -2.18. The first-order chi connectivity index (χ1) is 11.7. The van der Waals surface area contributed by atoms with Gasteiger partial charge in [-0.1, -0.05) is 19.1 Å². The number of anilines is 2. The largest absolute Gasteiger partial charge is 0.491 e. The maximum atomic E-state index is 12.5. The van der Waals surface area contributed by atoms with Crippen LogP contribution in [0.2, 0.25) is 0 Å². The van der Waals surface area contributed by atoms with Gasteiger partial charge in [-0.2, -0.15) is 0 Å². The standard InChI is InChI=1S/C18H18N2O4/c1-2-9-23-15-6-4-3-5-13(15)20-18(22)12-7-8-16-14(10-12)19-17(21)11-24-16/h3-8,10H,2,9,11H2,1H3,(H,19,21)(H,20,22). The molecule has 0 unspecified atom stereocenters. The smallest absolute Gasteiger partial charge is 0.262 e. The molecule has 0 aromatic heterocycles. The number of benzene rings is 2. The van der Waals surface area contributed by atoms with Crippen LogP contribution in [-0.4, -0.2) is 25.0 Å². The van der Waals surface area contributed by atoms with Crippen molar-refractivity contribution in [1.29, 1.82) is 0 Å². The van der Waals surface area contributed by atoms with Crippen LogP contribution in [0.4, 0.5) is 11.4 Å². The third-order valence-corrected chi connectivity index (χ3v) is 3.47. The molecule has 0 aliphatic carbocycles. The minimum absolute atomic E-state index is 0.0132. The Morgan fingerprint density at radius 2 is 2.12 bits per heavy atom. The third kappa shape index (κ3) is 3.48. The van der Waals surface area contributed by atoms with E-state index in [0.29, 0.717) is 35.0 Å². The summed E-state index contributed by atoms with van der Waals surface area (Å²) in [5.74, 6) is 0.656. The molecule has 6 heteroatoms. The molecule has 3 rings (SSSR count). The molecule has 0 atom stereocenters. The average Bonchev–Trinajstić information content (AvgIpc) is 2.60. The van der Waals surface area contributed by atoms with Gasteiger partial charge in [0.2, 0.25) is 0 Å². The highest BCUT2D eigenvalue weighted by Crippen LogP contribution is 2.29. The van der Waals surface area contributed by atoms with Crippen LogP contribution in [-0.2, 0) is 4.79 Å². The summed E-state index contributed by atoms with van der Waals surface area (Å²) in [4.78, 5) is 23.9. The van der Waals surface area contributed by atoms with E-state index in [4.69, 9.17) is 9.47 Å². The number of ether oxygens (including phenoxy) is 2. The SMILES string of the molecule is CCCOc1ccccc1NC(=O)c1ccc2c(c1)NC(=O)CO2. The van der Waals surface area contributed by atoms with Crippen LogP contribution in [0.25, 0.3) is 0 Å². The number of hydrogen-bond donors (Lipinski definition) is 2. The summed E-state index contributed by atoms with van der Waals surface area (Å²) < 4.78 is 10.9. The molecule has 0 bridgehead atoms. The lowest BCUT2D eigenvalue weighted by Crippen LogP contribution is -2.25. The summed E-state index contributed by atoms with van der Waals surface area (Å²) in [6.07, 6.45) is 0.882. The Kier molecular flexibility index (Phi) is 4.65. The molecule has 0 saturated heterocycles. The Morgan fingerprint density at radius 1 is 1.29 bits per heavy atom. The molecule has 2 aromatic rings. The van der Waals surface area contributed by atoms with Crippen LogP contribution in [0, 0.1) is 0 Å². The first-order valence-corrected chi connectivity index (χ1v) is 7.77. The summed E-state index contributed by atoms with van der Waals surface area (Å²) >= 11 is 0. The molecule has 1 heterocycles. The predicted molar refractivity (Wildman–Crippen MR) is 90.7 cm³/mol. The van der Waals surface area contributed by atoms with Gasteiger partial charge >= 0.3 is 0 Å². The number of hydrogen-bond acceptors (Lipinski definition) is 4. The van der Waals surface area contributed by atoms with Crippen molar-refractivity contribution in [2.24, 2.45) is 0 Å². The van der Waals surface area contributed by atoms with Gasteiger partial charge in [0.05, 0.1) is 18.0 Å². The van der Waals surface area contributed by atoms with Crippen molar-refractivity contribution < 1.29 is 19.1 Å². The van der Waals surface area contributed by atoms with Crippen molar-refractivity contribution >= 4 is 23.2 Å². The molecule has 124 valence electrons. The second-order valence-electron chi connectivity index (χ2n) is 5.35. The maximum Gasteiger partial charge on any atom is 0.262 e. The fourth-order valence-corrected chi connectivity index (χ4v) is 2.33. The van der Waals surface area contributed by atoms with E-state index in [9.17, 15) is 9.59 Å². The molecular formula is C18H18N2O4. The van der Waals surface area contributed by atoms with Crippen molar-refractivity contribution in [1.82, 2.24) is 0 Å². The van der Waals surface area contributed by atoms with Crippen molar-refractivity contribution in [3.05, 3.63) is 48.0 Å². The summed E-state index contributed by atoms with van der Waals surface area (Å²) in [5.41, 5.74) is 1.52. The summed E-state index contributed by atoms with van der Waals surface area (Å²) in [6.45, 7) is 2.58. The van der Waals surface area contributed by atoms with E-state index in [1.165, 1.54) is 0 Å². The second kappa shape index (κ2) is 7.04. The minimum atomic E-state index is -0.287. The van der Waals surface area contributed by atoms with Gasteiger partial charge in [0.25, 0.3) is 11.8 Å². The van der Waals surface area contributed by atoms with Crippen molar-refractivity contribution in [3.63, 3.8) is 0 Å². The molecule has 2 N–H and O–H groups in total. The molecule has 1 aliphatic heterocycles. The van der Waals surface area contributed by atoms with Crippen LogP contribution in [0.3, 0.4) is 0 Å². The highest BCUT2D eigenvalue weighted by atomic mass is 16.5. The molecule has 24 heavy (non-hydrogen) atoms. The zero-order valence-electron chi connectivity index (χ0n) is 13.3. The van der Waals surface area contributed by atoms with Crippen LogP contribution in [0.1, 0.15) is 23.7 Å². The monoisotopic (exact) mass is 326 g/mol. The van der Waals surface area contributed by atoms with Crippen LogP contribution in [0.5, 0.6) is 11.5 Å². The molecule has 0 radical (unpaired) electrons. The molecule has 0 fully saturated rings. The number of fused-ring (bicyclic) bond motifs is 1.